The number of pyridine rings is 1. The first-order chi connectivity index (χ1) is 17.7. The molecule has 0 unspecified atom stereocenters. The molecule has 11 heteroatoms. The van der Waals surface area contributed by atoms with E-state index in [-0.39, 0.29) is 48.6 Å². The molecule has 10 nitrogen and oxygen atoms in total. The van der Waals surface area contributed by atoms with Crippen LogP contribution in [0.1, 0.15) is 19.4 Å². The number of fused-ring (bicyclic) bond motifs is 1. The van der Waals surface area contributed by atoms with Gasteiger partial charge < -0.3 is 14.7 Å². The number of ether oxygens (including phenoxy) is 1. The van der Waals surface area contributed by atoms with Gasteiger partial charge in [-0.1, -0.05) is 19.1 Å². The zero-order chi connectivity index (χ0) is 26.6. The highest BCUT2D eigenvalue weighted by molar-refractivity contribution is 7.89. The SMILES string of the molecule is C[C@@H]1CN([C@@H](C)CO)S(=O)(=O)c2ccc(-c3cncnc3)cc2O[C@H]1CN(C)C(=O)Cc1cccnc1. The van der Waals surface area contributed by atoms with E-state index < -0.39 is 22.2 Å². The molecule has 0 spiro atoms. The van der Waals surface area contributed by atoms with Crippen molar-refractivity contribution in [2.75, 3.05) is 26.7 Å². The lowest BCUT2D eigenvalue weighted by atomic mass is 10.0. The summed E-state index contributed by atoms with van der Waals surface area (Å²) >= 11 is 0. The summed E-state index contributed by atoms with van der Waals surface area (Å²) in [6, 6.07) is 7.85. The summed E-state index contributed by atoms with van der Waals surface area (Å²) in [6.45, 7) is 3.61. The number of nitrogens with zero attached hydrogens (tertiary/aromatic N) is 5. The van der Waals surface area contributed by atoms with E-state index in [0.29, 0.717) is 11.1 Å². The van der Waals surface area contributed by atoms with E-state index in [4.69, 9.17) is 4.74 Å². The summed E-state index contributed by atoms with van der Waals surface area (Å²) in [4.78, 5) is 26.7. The number of aromatic nitrogens is 3. The van der Waals surface area contributed by atoms with Gasteiger partial charge in [-0.15, -0.1) is 0 Å². The fourth-order valence-electron chi connectivity index (χ4n) is 4.26. The third-order valence-electron chi connectivity index (χ3n) is 6.52. The smallest absolute Gasteiger partial charge is 0.247 e. The predicted octanol–water partition coefficient (Wildman–Crippen LogP) is 2.01. The first-order valence-electron chi connectivity index (χ1n) is 12.0. The van der Waals surface area contributed by atoms with E-state index in [2.05, 4.69) is 15.0 Å². The second-order valence-corrected chi connectivity index (χ2v) is 11.2. The molecule has 3 aromatic rings. The second-order valence-electron chi connectivity index (χ2n) is 9.34. The minimum atomic E-state index is -3.97. The van der Waals surface area contributed by atoms with Gasteiger partial charge in [0, 0.05) is 55.9 Å². The number of aliphatic hydroxyl groups excluding tert-OH is 1. The summed E-state index contributed by atoms with van der Waals surface area (Å²) in [6.07, 6.45) is 7.69. The van der Waals surface area contributed by atoms with Gasteiger partial charge in [0.1, 0.15) is 23.1 Å². The molecule has 0 saturated carbocycles. The van der Waals surface area contributed by atoms with E-state index in [0.717, 1.165) is 5.56 Å². The van der Waals surface area contributed by atoms with Gasteiger partial charge in [0.05, 0.1) is 19.6 Å². The maximum atomic E-state index is 13.7. The summed E-state index contributed by atoms with van der Waals surface area (Å²) in [5.41, 5.74) is 2.21. The fourth-order valence-corrected chi connectivity index (χ4v) is 6.08. The van der Waals surface area contributed by atoms with Gasteiger partial charge >= 0.3 is 0 Å². The monoisotopic (exact) mass is 525 g/mol. The van der Waals surface area contributed by atoms with Crippen molar-refractivity contribution in [1.82, 2.24) is 24.2 Å². The van der Waals surface area contributed by atoms with Crippen molar-refractivity contribution >= 4 is 15.9 Å². The molecule has 1 amide bonds. The number of likely N-dealkylation sites (N-methyl/N-ethyl adjacent to an activating group) is 1. The average Bonchev–Trinajstić information content (AvgIpc) is 2.91. The molecular weight excluding hydrogens is 494 g/mol. The van der Waals surface area contributed by atoms with E-state index in [1.54, 1.807) is 61.9 Å². The normalized spacial score (nSPS) is 20.1. The van der Waals surface area contributed by atoms with Crippen molar-refractivity contribution in [2.24, 2.45) is 5.92 Å². The van der Waals surface area contributed by atoms with E-state index in [9.17, 15) is 18.3 Å². The highest BCUT2D eigenvalue weighted by atomic mass is 32.2. The van der Waals surface area contributed by atoms with Crippen LogP contribution in [0, 0.1) is 5.92 Å². The molecular formula is C26H31N5O5S. The lowest BCUT2D eigenvalue weighted by Gasteiger charge is -2.37. The number of amides is 1. The third kappa shape index (κ3) is 5.95. The quantitative estimate of drug-likeness (QED) is 0.497. The largest absolute Gasteiger partial charge is 0.487 e. The van der Waals surface area contributed by atoms with Crippen molar-refractivity contribution in [3.8, 4) is 16.9 Å². The maximum Gasteiger partial charge on any atom is 0.247 e. The second kappa shape index (κ2) is 11.3. The minimum absolute atomic E-state index is 0.00893. The number of aliphatic hydroxyl groups is 1. The van der Waals surface area contributed by atoms with E-state index >= 15 is 0 Å². The number of sulfonamides is 1. The Morgan fingerprint density at radius 1 is 1.19 bits per heavy atom. The van der Waals surface area contributed by atoms with Crippen LogP contribution in [0.25, 0.3) is 11.1 Å². The molecule has 0 saturated heterocycles. The minimum Gasteiger partial charge on any atom is -0.487 e. The lowest BCUT2D eigenvalue weighted by molar-refractivity contribution is -0.130. The topological polar surface area (TPSA) is 126 Å². The van der Waals surface area contributed by atoms with Crippen LogP contribution in [-0.4, -0.2) is 82.5 Å². The molecule has 4 rings (SSSR count). The van der Waals surface area contributed by atoms with Crippen LogP contribution in [0.4, 0.5) is 0 Å². The van der Waals surface area contributed by atoms with Crippen molar-refractivity contribution in [3.63, 3.8) is 0 Å². The van der Waals surface area contributed by atoms with Crippen LogP contribution >= 0.6 is 0 Å². The Kier molecular flexibility index (Phi) is 8.16. The number of carbonyl (C=O) groups is 1. The molecule has 3 atom stereocenters. The van der Waals surface area contributed by atoms with Crippen molar-refractivity contribution in [2.45, 2.75) is 37.3 Å². The molecule has 0 aliphatic carbocycles. The Morgan fingerprint density at radius 2 is 1.95 bits per heavy atom. The highest BCUT2D eigenvalue weighted by Gasteiger charge is 2.38. The molecule has 0 bridgehead atoms. The van der Waals surface area contributed by atoms with Crippen molar-refractivity contribution in [1.29, 1.82) is 0 Å². The standard InChI is InChI=1S/C26H31N5O5S/c1-18-14-31(19(2)16-32)37(34,35)25-7-6-21(22-12-28-17-29-13-22)10-23(25)36-24(18)15-30(3)26(33)9-20-5-4-8-27-11-20/h4-8,10-13,17-19,24,32H,9,14-16H2,1-3H3/t18-,19+,24+/m1/s1. The Balaban J connectivity index is 1.69. The molecule has 196 valence electrons. The van der Waals surface area contributed by atoms with Gasteiger partial charge in [-0.25, -0.2) is 18.4 Å². The molecule has 1 aromatic carbocycles. The van der Waals surface area contributed by atoms with Gasteiger partial charge in [0.2, 0.25) is 15.9 Å². The molecule has 3 heterocycles. The summed E-state index contributed by atoms with van der Waals surface area (Å²) in [5, 5.41) is 9.82. The van der Waals surface area contributed by atoms with Crippen LogP contribution in [0.3, 0.4) is 0 Å². The molecule has 1 N–H and O–H groups in total. The Labute approximate surface area is 217 Å². The number of hydrogen-bond acceptors (Lipinski definition) is 8. The highest BCUT2D eigenvalue weighted by Crippen LogP contribution is 2.36. The van der Waals surface area contributed by atoms with Crippen molar-refractivity contribution in [3.05, 3.63) is 67.0 Å². The number of hydrogen-bond donors (Lipinski definition) is 1. The van der Waals surface area contributed by atoms with Gasteiger partial charge in [0.25, 0.3) is 0 Å². The van der Waals surface area contributed by atoms with Crippen LogP contribution in [-0.2, 0) is 21.2 Å². The number of rotatable bonds is 7. The molecule has 1 aliphatic rings. The fraction of sp³-hybridized carbons (Fsp3) is 0.385. The molecule has 0 fully saturated rings. The molecule has 0 radical (unpaired) electrons. The Bertz CT molecular complexity index is 1320. The van der Waals surface area contributed by atoms with E-state index in [1.807, 2.05) is 13.0 Å². The molecule has 37 heavy (non-hydrogen) atoms. The van der Waals surface area contributed by atoms with Gasteiger partial charge in [-0.05, 0) is 36.2 Å². The summed E-state index contributed by atoms with van der Waals surface area (Å²) in [5.74, 6) is -0.204. The zero-order valence-electron chi connectivity index (χ0n) is 21.1. The summed E-state index contributed by atoms with van der Waals surface area (Å²) < 4.78 is 35.0. The Morgan fingerprint density at radius 3 is 2.62 bits per heavy atom. The zero-order valence-corrected chi connectivity index (χ0v) is 21.9. The molecule has 2 aromatic heterocycles. The maximum absolute atomic E-state index is 13.7. The number of benzene rings is 1. The van der Waals surface area contributed by atoms with E-state index in [1.165, 1.54) is 16.7 Å². The van der Waals surface area contributed by atoms with Crippen LogP contribution in [0.2, 0.25) is 0 Å². The first kappa shape index (κ1) is 26.6. The number of carbonyl (C=O) groups excluding carboxylic acids is 1. The Hall–Kier alpha value is -3.41. The van der Waals surface area contributed by atoms with Crippen LogP contribution in [0.15, 0.2) is 66.3 Å². The third-order valence-corrected chi connectivity index (χ3v) is 8.54. The summed E-state index contributed by atoms with van der Waals surface area (Å²) in [7, 11) is -2.26. The van der Waals surface area contributed by atoms with Crippen molar-refractivity contribution < 1.29 is 23.1 Å². The first-order valence-corrected chi connectivity index (χ1v) is 13.5. The van der Waals surface area contributed by atoms with Gasteiger partial charge in [-0.3, -0.25) is 9.78 Å². The average molecular weight is 526 g/mol. The lowest BCUT2D eigenvalue weighted by Crippen LogP contribution is -2.50. The van der Waals surface area contributed by atoms with Crippen LogP contribution < -0.4 is 4.74 Å². The van der Waals surface area contributed by atoms with Gasteiger partial charge in [-0.2, -0.15) is 4.31 Å². The van der Waals surface area contributed by atoms with Crippen LogP contribution in [0.5, 0.6) is 5.75 Å². The molecule has 1 aliphatic heterocycles. The predicted molar refractivity (Wildman–Crippen MR) is 137 cm³/mol. The van der Waals surface area contributed by atoms with Gasteiger partial charge in [0.15, 0.2) is 0 Å².